The number of hydrogen-bond donors (Lipinski definition) is 3. The molecule has 11 heteroatoms. The van der Waals surface area contributed by atoms with Crippen LogP contribution in [0.3, 0.4) is 0 Å². The Morgan fingerprint density at radius 1 is 1.50 bits per heavy atom. The molecule has 4 rings (SSSR count). The molecule has 2 aromatic heterocycles. The Kier molecular flexibility index (Phi) is 3.60. The lowest BCUT2D eigenvalue weighted by molar-refractivity contribution is -0.0230. The Bertz CT molecular complexity index is 811. The number of anilines is 2. The van der Waals surface area contributed by atoms with Crippen LogP contribution in [-0.2, 0) is 4.74 Å². The van der Waals surface area contributed by atoms with E-state index in [1.54, 1.807) is 10.9 Å². The Balaban J connectivity index is 1.73. The van der Waals surface area contributed by atoms with E-state index >= 15 is 0 Å². The molecule has 2 aliphatic rings. The van der Waals surface area contributed by atoms with Crippen molar-refractivity contribution < 1.29 is 9.84 Å². The Hall–Kier alpha value is -2.62. The smallest absolute Gasteiger partial charge is 0.224 e. The Morgan fingerprint density at radius 2 is 2.33 bits per heavy atom. The molecule has 1 aliphatic heterocycles. The second kappa shape index (κ2) is 5.78. The van der Waals surface area contributed by atoms with Gasteiger partial charge in [-0.3, -0.25) is 4.57 Å². The fourth-order valence-electron chi connectivity index (χ4n) is 2.94. The molecule has 1 saturated heterocycles. The van der Waals surface area contributed by atoms with Gasteiger partial charge in [0.1, 0.15) is 11.7 Å². The number of nitrogens with two attached hydrogens (primary N) is 1. The summed E-state index contributed by atoms with van der Waals surface area (Å²) < 4.78 is 7.63. The van der Waals surface area contributed by atoms with Crippen LogP contribution >= 0.6 is 0 Å². The number of rotatable bonds is 5. The van der Waals surface area contributed by atoms with Gasteiger partial charge in [-0.05, 0) is 18.4 Å². The molecule has 2 aromatic rings. The highest BCUT2D eigenvalue weighted by Gasteiger charge is 2.36. The first-order valence-electron chi connectivity index (χ1n) is 7.76. The maximum atomic E-state index is 9.42. The first kappa shape index (κ1) is 14.9. The quantitative estimate of drug-likeness (QED) is 0.417. The van der Waals surface area contributed by atoms with Crippen LogP contribution in [0.2, 0.25) is 0 Å². The summed E-state index contributed by atoms with van der Waals surface area (Å²) in [4.78, 5) is 15.6. The second-order valence-corrected chi connectivity index (χ2v) is 5.99. The maximum absolute atomic E-state index is 9.42. The van der Waals surface area contributed by atoms with Crippen LogP contribution in [0.5, 0.6) is 0 Å². The van der Waals surface area contributed by atoms with Gasteiger partial charge in [0.15, 0.2) is 11.5 Å². The summed E-state index contributed by atoms with van der Waals surface area (Å²) in [5.41, 5.74) is 15.6. The molecule has 0 amide bonds. The van der Waals surface area contributed by atoms with Crippen LogP contribution in [0.25, 0.3) is 21.6 Å². The molecule has 126 valence electrons. The number of azide groups is 1. The van der Waals surface area contributed by atoms with E-state index in [2.05, 4.69) is 30.3 Å². The minimum atomic E-state index is -0.544. The van der Waals surface area contributed by atoms with Gasteiger partial charge in [0.2, 0.25) is 5.95 Å². The van der Waals surface area contributed by atoms with E-state index in [9.17, 15) is 5.11 Å². The number of aromatic nitrogens is 4. The van der Waals surface area contributed by atoms with Gasteiger partial charge in [-0.25, -0.2) is 4.98 Å². The molecular formula is C13H17N9O2. The van der Waals surface area contributed by atoms with Crippen molar-refractivity contribution in [3.63, 3.8) is 0 Å². The Labute approximate surface area is 136 Å². The number of fused-ring (bicyclic) bond motifs is 1. The van der Waals surface area contributed by atoms with Crippen molar-refractivity contribution in [2.75, 3.05) is 17.7 Å². The van der Waals surface area contributed by atoms with E-state index in [4.69, 9.17) is 16.0 Å². The van der Waals surface area contributed by atoms with Gasteiger partial charge < -0.3 is 20.9 Å². The van der Waals surface area contributed by atoms with E-state index < -0.39 is 18.4 Å². The zero-order valence-corrected chi connectivity index (χ0v) is 12.8. The molecular weight excluding hydrogens is 314 g/mol. The predicted molar refractivity (Wildman–Crippen MR) is 84.9 cm³/mol. The van der Waals surface area contributed by atoms with Crippen molar-refractivity contribution >= 4 is 22.9 Å². The summed E-state index contributed by atoms with van der Waals surface area (Å²) in [6.07, 6.45) is 3.26. The first-order chi connectivity index (χ1) is 11.7. The molecule has 3 heterocycles. The zero-order valence-electron chi connectivity index (χ0n) is 12.8. The summed E-state index contributed by atoms with van der Waals surface area (Å²) >= 11 is 0. The third kappa shape index (κ3) is 2.58. The highest BCUT2D eigenvalue weighted by atomic mass is 16.5. The van der Waals surface area contributed by atoms with Gasteiger partial charge in [0.05, 0.1) is 25.1 Å². The summed E-state index contributed by atoms with van der Waals surface area (Å²) in [5.74, 6) is 0.775. The van der Waals surface area contributed by atoms with Crippen molar-refractivity contribution in [1.29, 1.82) is 0 Å². The number of hydrogen-bond acceptors (Lipinski definition) is 8. The summed E-state index contributed by atoms with van der Waals surface area (Å²) in [5, 5.41) is 16.5. The van der Waals surface area contributed by atoms with Crippen molar-refractivity contribution in [3.05, 3.63) is 16.8 Å². The summed E-state index contributed by atoms with van der Waals surface area (Å²) in [6, 6.07) is -0.0477. The molecule has 2 fully saturated rings. The van der Waals surface area contributed by atoms with E-state index in [1.165, 1.54) is 0 Å². The molecule has 0 spiro atoms. The average molecular weight is 331 g/mol. The maximum Gasteiger partial charge on any atom is 0.224 e. The van der Waals surface area contributed by atoms with Gasteiger partial charge >= 0.3 is 0 Å². The molecule has 0 bridgehead atoms. The van der Waals surface area contributed by atoms with Gasteiger partial charge in [-0.15, -0.1) is 0 Å². The highest BCUT2D eigenvalue weighted by Crippen LogP contribution is 2.35. The van der Waals surface area contributed by atoms with E-state index in [-0.39, 0.29) is 12.6 Å². The first-order valence-corrected chi connectivity index (χ1v) is 7.76. The number of aliphatic hydroxyl groups excluding tert-OH is 1. The number of imidazole rings is 1. The van der Waals surface area contributed by atoms with Crippen molar-refractivity contribution in [3.8, 4) is 0 Å². The predicted octanol–water partition coefficient (Wildman–Crippen LogP) is 0.942. The summed E-state index contributed by atoms with van der Waals surface area (Å²) in [6.45, 7) is -0.219. The minimum Gasteiger partial charge on any atom is -0.394 e. The molecule has 3 atom stereocenters. The number of ether oxygens (including phenoxy) is 1. The lowest BCUT2D eigenvalue weighted by atomic mass is 10.1. The molecule has 0 radical (unpaired) electrons. The summed E-state index contributed by atoms with van der Waals surface area (Å²) in [7, 11) is 0. The van der Waals surface area contributed by atoms with Gasteiger partial charge in [0.25, 0.3) is 0 Å². The molecule has 4 N–H and O–H groups in total. The van der Waals surface area contributed by atoms with Crippen molar-refractivity contribution in [2.45, 2.75) is 43.7 Å². The lowest BCUT2D eigenvalue weighted by Crippen LogP contribution is -2.23. The van der Waals surface area contributed by atoms with Crippen molar-refractivity contribution in [1.82, 2.24) is 19.5 Å². The fourth-order valence-corrected chi connectivity index (χ4v) is 2.94. The van der Waals surface area contributed by atoms with Crippen LogP contribution in [0.15, 0.2) is 11.4 Å². The van der Waals surface area contributed by atoms with Crippen LogP contribution in [0, 0.1) is 0 Å². The normalized spacial score (nSPS) is 26.5. The van der Waals surface area contributed by atoms with Crippen LogP contribution in [-0.4, -0.2) is 49.4 Å². The number of nitrogens with one attached hydrogen (secondary N) is 1. The zero-order chi connectivity index (χ0) is 16.7. The molecule has 1 saturated carbocycles. The van der Waals surface area contributed by atoms with Gasteiger partial charge in [-0.2, -0.15) is 9.97 Å². The number of nitrogen functional groups attached to an aromatic ring is 1. The highest BCUT2D eigenvalue weighted by molar-refractivity contribution is 5.84. The van der Waals surface area contributed by atoms with Crippen LogP contribution < -0.4 is 11.1 Å². The second-order valence-electron chi connectivity index (χ2n) is 5.99. The van der Waals surface area contributed by atoms with Gasteiger partial charge in [0, 0.05) is 17.4 Å². The van der Waals surface area contributed by atoms with E-state index in [0.717, 1.165) is 12.8 Å². The molecule has 24 heavy (non-hydrogen) atoms. The van der Waals surface area contributed by atoms with Crippen LogP contribution in [0.4, 0.5) is 11.8 Å². The molecule has 0 aromatic carbocycles. The third-order valence-electron chi connectivity index (χ3n) is 4.26. The van der Waals surface area contributed by atoms with E-state index in [1.807, 2.05) is 0 Å². The SMILES string of the molecule is [N-]=[N+]=N[C@H]1C[C@H](n2cnc3nc(N)nc(NC4CC4)c32)O[C@@H]1CO. The van der Waals surface area contributed by atoms with Gasteiger partial charge in [-0.1, -0.05) is 5.11 Å². The van der Waals surface area contributed by atoms with E-state index in [0.29, 0.717) is 29.4 Å². The lowest BCUT2D eigenvalue weighted by Gasteiger charge is -2.16. The molecule has 11 nitrogen and oxygen atoms in total. The van der Waals surface area contributed by atoms with Crippen molar-refractivity contribution in [2.24, 2.45) is 5.11 Å². The molecule has 0 unspecified atom stereocenters. The Morgan fingerprint density at radius 3 is 3.04 bits per heavy atom. The topological polar surface area (TPSA) is 160 Å². The monoisotopic (exact) mass is 331 g/mol. The largest absolute Gasteiger partial charge is 0.394 e. The standard InChI is InChI=1S/C13H17N9O2/c14-13-18-11-10(12(19-13)17-6-1-2-6)22(5-16-11)9-3-7(20-21-15)8(4-23)24-9/h5-9,23H,1-4H2,(H3,14,17,18,19)/t7-,8+,9+/m0/s1. The number of nitrogens with zero attached hydrogens (tertiary/aromatic N) is 7. The van der Waals surface area contributed by atoms with Crippen LogP contribution in [0.1, 0.15) is 25.5 Å². The third-order valence-corrected chi connectivity index (χ3v) is 4.26. The minimum absolute atomic E-state index is 0.156. The molecule has 1 aliphatic carbocycles. The number of aliphatic hydroxyl groups is 1. The average Bonchev–Trinajstić information content (AvgIpc) is 3.12. The fraction of sp³-hybridized carbons (Fsp3) is 0.615.